The molecular weight excluding hydrogens is 407 g/mol. The van der Waals surface area contributed by atoms with Crippen LogP contribution in [0.4, 0.5) is 13.2 Å². The van der Waals surface area contributed by atoms with Gasteiger partial charge in [-0.15, -0.1) is 0 Å². The lowest BCUT2D eigenvalue weighted by atomic mass is 10.1. The highest BCUT2D eigenvalue weighted by Crippen LogP contribution is 2.33. The zero-order chi connectivity index (χ0) is 22.6. The molecule has 0 spiro atoms. The van der Waals surface area contributed by atoms with Gasteiger partial charge in [0.15, 0.2) is 5.69 Å². The van der Waals surface area contributed by atoms with E-state index in [1.54, 1.807) is 24.3 Å². The largest absolute Gasteiger partial charge is 0.434 e. The number of aromatic nitrogens is 2. The fourth-order valence-electron chi connectivity index (χ4n) is 3.07. The highest BCUT2D eigenvalue weighted by molar-refractivity contribution is 5.95. The summed E-state index contributed by atoms with van der Waals surface area (Å²) in [6.45, 7) is 6.08. The van der Waals surface area contributed by atoms with Gasteiger partial charge in [-0.2, -0.15) is 18.3 Å². The smallest absolute Gasteiger partial charge is 0.374 e. The minimum absolute atomic E-state index is 0.0320. The molecule has 164 valence electrons. The van der Waals surface area contributed by atoms with Gasteiger partial charge in [0.05, 0.1) is 30.2 Å². The minimum atomic E-state index is -4.75. The number of hydrogen-bond acceptors (Lipinski definition) is 3. The summed E-state index contributed by atoms with van der Waals surface area (Å²) in [5, 5.41) is 6.42. The van der Waals surface area contributed by atoms with Crippen molar-refractivity contribution in [2.24, 2.45) is 0 Å². The summed E-state index contributed by atoms with van der Waals surface area (Å²) in [6.07, 6.45) is -3.77. The molecule has 0 radical (unpaired) electrons. The molecule has 5 nitrogen and oxygen atoms in total. The second-order valence-electron chi connectivity index (χ2n) is 7.46. The van der Waals surface area contributed by atoms with Crippen LogP contribution in [0, 0.1) is 6.92 Å². The van der Waals surface area contributed by atoms with Gasteiger partial charge in [-0.3, -0.25) is 4.79 Å². The van der Waals surface area contributed by atoms with Crippen molar-refractivity contribution in [1.82, 2.24) is 15.1 Å². The maximum absolute atomic E-state index is 13.8. The van der Waals surface area contributed by atoms with E-state index < -0.39 is 23.3 Å². The first-order valence-corrected chi connectivity index (χ1v) is 9.85. The zero-order valence-corrected chi connectivity index (χ0v) is 17.5. The van der Waals surface area contributed by atoms with Crippen molar-refractivity contribution >= 4 is 5.91 Å². The van der Waals surface area contributed by atoms with E-state index in [1.165, 1.54) is 12.1 Å². The molecule has 1 amide bonds. The lowest BCUT2D eigenvalue weighted by molar-refractivity contribution is -0.143. The van der Waals surface area contributed by atoms with Crippen molar-refractivity contribution in [1.29, 1.82) is 0 Å². The maximum atomic E-state index is 13.8. The van der Waals surface area contributed by atoms with Gasteiger partial charge in [-0.25, -0.2) is 4.68 Å². The van der Waals surface area contributed by atoms with Crippen molar-refractivity contribution in [3.63, 3.8) is 0 Å². The third kappa shape index (κ3) is 5.52. The molecule has 1 aromatic heterocycles. The Balaban J connectivity index is 1.84. The number of alkyl halides is 3. The summed E-state index contributed by atoms with van der Waals surface area (Å²) >= 11 is 0. The van der Waals surface area contributed by atoms with E-state index in [1.807, 2.05) is 32.9 Å². The number of carbonyl (C=O) groups is 1. The Morgan fingerprint density at radius 1 is 1.10 bits per heavy atom. The summed E-state index contributed by atoms with van der Waals surface area (Å²) in [6, 6.07) is 13.8. The number of hydrogen-bond donors (Lipinski definition) is 1. The summed E-state index contributed by atoms with van der Waals surface area (Å²) in [5.74, 6) is -0.842. The average molecular weight is 431 g/mol. The normalized spacial score (nSPS) is 11.7. The molecule has 0 atom stereocenters. The van der Waals surface area contributed by atoms with E-state index in [9.17, 15) is 18.0 Å². The Morgan fingerprint density at radius 2 is 1.74 bits per heavy atom. The molecule has 0 unspecified atom stereocenters. The lowest BCUT2D eigenvalue weighted by Crippen LogP contribution is -2.26. The van der Waals surface area contributed by atoms with Crippen molar-refractivity contribution in [2.75, 3.05) is 0 Å². The molecule has 3 aromatic rings. The fraction of sp³-hybridized carbons (Fsp3) is 0.304. The van der Waals surface area contributed by atoms with Gasteiger partial charge in [-0.05, 0) is 44.0 Å². The van der Waals surface area contributed by atoms with E-state index in [-0.39, 0.29) is 18.3 Å². The standard InChI is InChI=1S/C23H24F3N3O2/c1-15(2)31-14-18-7-5-4-6-17(18)12-27-22(30)20-13-28-29(21(20)23(24,25)26)19-10-8-16(3)9-11-19/h4-11,13,15H,12,14H2,1-3H3,(H,27,30). The van der Waals surface area contributed by atoms with Crippen molar-refractivity contribution in [3.8, 4) is 5.69 Å². The van der Waals surface area contributed by atoms with Crippen LogP contribution in [0.15, 0.2) is 54.7 Å². The fourth-order valence-corrected chi connectivity index (χ4v) is 3.07. The molecule has 2 aromatic carbocycles. The van der Waals surface area contributed by atoms with Crippen molar-refractivity contribution in [2.45, 2.75) is 46.2 Å². The molecule has 0 aliphatic rings. The van der Waals surface area contributed by atoms with Crippen LogP contribution in [-0.2, 0) is 24.1 Å². The van der Waals surface area contributed by atoms with Crippen LogP contribution in [0.5, 0.6) is 0 Å². The molecule has 3 rings (SSSR count). The number of rotatable bonds is 7. The number of nitrogens with zero attached hydrogens (tertiary/aromatic N) is 2. The number of amides is 1. The predicted octanol–water partition coefficient (Wildman–Crippen LogP) is 5.05. The maximum Gasteiger partial charge on any atom is 0.434 e. The van der Waals surface area contributed by atoms with Gasteiger partial charge >= 0.3 is 6.18 Å². The predicted molar refractivity (Wildman–Crippen MR) is 111 cm³/mol. The van der Waals surface area contributed by atoms with E-state index >= 15 is 0 Å². The molecular formula is C23H24F3N3O2. The summed E-state index contributed by atoms with van der Waals surface area (Å²) in [7, 11) is 0. The van der Waals surface area contributed by atoms with E-state index in [4.69, 9.17) is 4.74 Å². The Morgan fingerprint density at radius 3 is 2.35 bits per heavy atom. The van der Waals surface area contributed by atoms with Crippen LogP contribution in [-0.4, -0.2) is 21.8 Å². The topological polar surface area (TPSA) is 56.2 Å². The van der Waals surface area contributed by atoms with E-state index in [2.05, 4.69) is 10.4 Å². The van der Waals surface area contributed by atoms with Crippen molar-refractivity contribution < 1.29 is 22.7 Å². The molecule has 1 heterocycles. The second-order valence-corrected chi connectivity index (χ2v) is 7.46. The van der Waals surface area contributed by atoms with E-state index in [0.29, 0.717) is 6.61 Å². The minimum Gasteiger partial charge on any atom is -0.374 e. The quantitative estimate of drug-likeness (QED) is 0.569. The van der Waals surface area contributed by atoms with Crippen LogP contribution < -0.4 is 5.32 Å². The third-order valence-corrected chi connectivity index (χ3v) is 4.69. The van der Waals surface area contributed by atoms with Gasteiger partial charge in [-0.1, -0.05) is 42.0 Å². The second kappa shape index (κ2) is 9.34. The molecule has 0 aliphatic carbocycles. The lowest BCUT2D eigenvalue weighted by Gasteiger charge is -2.14. The number of benzene rings is 2. The first kappa shape index (κ1) is 22.6. The number of ether oxygens (including phenoxy) is 1. The Labute approximate surface area is 178 Å². The van der Waals surface area contributed by atoms with Crippen LogP contribution in [0.1, 0.15) is 46.6 Å². The SMILES string of the molecule is Cc1ccc(-n2ncc(C(=O)NCc3ccccc3COC(C)C)c2C(F)(F)F)cc1. The van der Waals surface area contributed by atoms with Crippen LogP contribution in [0.3, 0.4) is 0 Å². The highest BCUT2D eigenvalue weighted by Gasteiger charge is 2.40. The molecule has 0 bridgehead atoms. The monoisotopic (exact) mass is 431 g/mol. The molecule has 0 aliphatic heterocycles. The van der Waals surface area contributed by atoms with Crippen LogP contribution >= 0.6 is 0 Å². The first-order valence-electron chi connectivity index (χ1n) is 9.85. The van der Waals surface area contributed by atoms with Gasteiger partial charge in [0.1, 0.15) is 0 Å². The number of halogens is 3. The molecule has 0 saturated heterocycles. The van der Waals surface area contributed by atoms with E-state index in [0.717, 1.165) is 27.6 Å². The summed E-state index contributed by atoms with van der Waals surface area (Å²) in [4.78, 5) is 12.7. The molecule has 31 heavy (non-hydrogen) atoms. The van der Waals surface area contributed by atoms with Gasteiger partial charge in [0, 0.05) is 6.54 Å². The highest BCUT2D eigenvalue weighted by atomic mass is 19.4. The molecule has 1 N–H and O–H groups in total. The molecule has 0 fully saturated rings. The Kier molecular flexibility index (Phi) is 6.80. The molecule has 0 saturated carbocycles. The molecule has 8 heteroatoms. The van der Waals surface area contributed by atoms with Gasteiger partial charge in [0.25, 0.3) is 5.91 Å². The zero-order valence-electron chi connectivity index (χ0n) is 17.5. The number of aryl methyl sites for hydroxylation is 1. The summed E-state index contributed by atoms with van der Waals surface area (Å²) in [5.41, 5.74) is 1.14. The third-order valence-electron chi connectivity index (χ3n) is 4.69. The first-order chi connectivity index (χ1) is 14.7. The average Bonchev–Trinajstić information content (AvgIpc) is 3.17. The number of nitrogens with one attached hydrogen (secondary N) is 1. The van der Waals surface area contributed by atoms with Crippen molar-refractivity contribution in [3.05, 3.63) is 82.7 Å². The van der Waals surface area contributed by atoms with Gasteiger partial charge < -0.3 is 10.1 Å². The number of carbonyl (C=O) groups excluding carboxylic acids is 1. The summed E-state index contributed by atoms with van der Waals surface area (Å²) < 4.78 is 47.8. The van der Waals surface area contributed by atoms with Crippen LogP contribution in [0.25, 0.3) is 5.69 Å². The Hall–Kier alpha value is -3.13. The van der Waals surface area contributed by atoms with Gasteiger partial charge in [0.2, 0.25) is 0 Å². The Bertz CT molecular complexity index is 1040. The van der Waals surface area contributed by atoms with Crippen LogP contribution in [0.2, 0.25) is 0 Å².